The number of halogens is 1. The van der Waals surface area contributed by atoms with E-state index in [0.717, 1.165) is 11.0 Å². The molecule has 0 bridgehead atoms. The predicted octanol–water partition coefficient (Wildman–Crippen LogP) is 8.42. The summed E-state index contributed by atoms with van der Waals surface area (Å²) < 4.78 is 14.5. The summed E-state index contributed by atoms with van der Waals surface area (Å²) in [5.74, 6) is 0.711. The SMILES string of the molecule is C/C(=C/[C@@H](C)[C@H](O[Si](C(C)C)(C(C)C)C(C)C)[C@H](C)COCc1ccccc1)CI. The summed E-state index contributed by atoms with van der Waals surface area (Å²) in [6.07, 6.45) is 2.60. The summed E-state index contributed by atoms with van der Waals surface area (Å²) in [6.45, 7) is 22.5. The molecule has 0 saturated heterocycles. The average molecular weight is 545 g/mol. The van der Waals surface area contributed by atoms with E-state index in [9.17, 15) is 0 Å². The van der Waals surface area contributed by atoms with Gasteiger partial charge in [0.1, 0.15) is 0 Å². The van der Waals surface area contributed by atoms with E-state index in [1.165, 1.54) is 11.1 Å². The molecule has 3 atom stereocenters. The van der Waals surface area contributed by atoms with E-state index in [-0.39, 0.29) is 6.10 Å². The number of allylic oxidation sites excluding steroid dienone is 1. The fourth-order valence-corrected chi connectivity index (χ4v) is 11.0. The third kappa shape index (κ3) is 7.75. The van der Waals surface area contributed by atoms with E-state index in [0.29, 0.717) is 35.1 Å². The largest absolute Gasteiger partial charge is 0.412 e. The highest BCUT2D eigenvalue weighted by Gasteiger charge is 2.47. The van der Waals surface area contributed by atoms with Crippen LogP contribution < -0.4 is 0 Å². The minimum absolute atomic E-state index is 0.178. The topological polar surface area (TPSA) is 18.5 Å². The average Bonchev–Trinajstić information content (AvgIpc) is 2.68. The van der Waals surface area contributed by atoms with Crippen molar-refractivity contribution in [3.8, 4) is 0 Å². The molecule has 30 heavy (non-hydrogen) atoms. The molecule has 4 heteroatoms. The molecule has 0 aliphatic heterocycles. The summed E-state index contributed by atoms with van der Waals surface area (Å²) in [5, 5.41) is 0. The Morgan fingerprint density at radius 2 is 1.47 bits per heavy atom. The minimum atomic E-state index is -1.97. The first-order chi connectivity index (χ1) is 14.1. The minimum Gasteiger partial charge on any atom is -0.412 e. The van der Waals surface area contributed by atoms with E-state index >= 15 is 0 Å². The lowest BCUT2D eigenvalue weighted by atomic mass is 9.92. The van der Waals surface area contributed by atoms with E-state index in [4.69, 9.17) is 9.16 Å². The molecule has 0 radical (unpaired) electrons. The van der Waals surface area contributed by atoms with Gasteiger partial charge < -0.3 is 9.16 Å². The Morgan fingerprint density at radius 1 is 0.933 bits per heavy atom. The summed E-state index contributed by atoms with van der Waals surface area (Å²) in [5.41, 5.74) is 4.41. The summed E-state index contributed by atoms with van der Waals surface area (Å²) >= 11 is 2.45. The third-order valence-corrected chi connectivity index (χ3v) is 13.7. The Bertz CT molecular complexity index is 605. The van der Waals surface area contributed by atoms with Gasteiger partial charge in [0.2, 0.25) is 8.32 Å². The van der Waals surface area contributed by atoms with Crippen molar-refractivity contribution in [1.29, 1.82) is 0 Å². The third-order valence-electron chi connectivity index (χ3n) is 6.38. The maximum Gasteiger partial charge on any atom is 0.200 e. The van der Waals surface area contributed by atoms with Crippen molar-refractivity contribution in [2.75, 3.05) is 11.0 Å². The van der Waals surface area contributed by atoms with Crippen LogP contribution >= 0.6 is 22.6 Å². The van der Waals surface area contributed by atoms with Crippen LogP contribution in [0.15, 0.2) is 42.0 Å². The van der Waals surface area contributed by atoms with Gasteiger partial charge in [0, 0.05) is 10.3 Å². The molecule has 0 amide bonds. The van der Waals surface area contributed by atoms with Crippen molar-refractivity contribution in [3.63, 3.8) is 0 Å². The quantitative estimate of drug-likeness (QED) is 0.107. The molecular weight excluding hydrogens is 499 g/mol. The zero-order chi connectivity index (χ0) is 22.9. The van der Waals surface area contributed by atoms with Crippen LogP contribution in [0.5, 0.6) is 0 Å². The Hall–Kier alpha value is -0.173. The Kier molecular flexibility index (Phi) is 12.4. The van der Waals surface area contributed by atoms with Crippen LogP contribution in [0.3, 0.4) is 0 Å². The molecule has 0 saturated carbocycles. The first kappa shape index (κ1) is 27.9. The molecular formula is C26H45IO2Si. The number of rotatable bonds is 13. The van der Waals surface area contributed by atoms with Crippen LogP contribution in [-0.2, 0) is 15.8 Å². The van der Waals surface area contributed by atoms with E-state index in [2.05, 4.69) is 115 Å². The van der Waals surface area contributed by atoms with Crippen LogP contribution in [0, 0.1) is 11.8 Å². The van der Waals surface area contributed by atoms with Crippen molar-refractivity contribution in [2.45, 2.75) is 91.6 Å². The van der Waals surface area contributed by atoms with Gasteiger partial charge in [-0.15, -0.1) is 0 Å². The second kappa shape index (κ2) is 13.4. The fourth-order valence-electron chi connectivity index (χ4n) is 5.01. The van der Waals surface area contributed by atoms with Crippen LogP contribution in [0.25, 0.3) is 0 Å². The normalized spacial score (nSPS) is 16.4. The van der Waals surface area contributed by atoms with E-state index in [1.807, 2.05) is 6.07 Å². The number of benzene rings is 1. The maximum absolute atomic E-state index is 7.31. The van der Waals surface area contributed by atoms with Crippen molar-refractivity contribution in [2.24, 2.45) is 11.8 Å². The van der Waals surface area contributed by atoms with Gasteiger partial charge in [-0.25, -0.2) is 0 Å². The first-order valence-electron chi connectivity index (χ1n) is 11.6. The fraction of sp³-hybridized carbons (Fsp3) is 0.692. The molecule has 0 fully saturated rings. The molecule has 0 spiro atoms. The molecule has 0 heterocycles. The molecule has 0 N–H and O–H groups in total. The molecule has 0 aliphatic carbocycles. The molecule has 0 aliphatic rings. The second-order valence-electron chi connectivity index (χ2n) is 9.88. The highest BCUT2D eigenvalue weighted by atomic mass is 127. The number of alkyl halides is 1. The lowest BCUT2D eigenvalue weighted by Crippen LogP contribution is -2.52. The highest BCUT2D eigenvalue weighted by molar-refractivity contribution is 14.1. The Balaban J connectivity index is 3.08. The van der Waals surface area contributed by atoms with Gasteiger partial charge in [0.05, 0.1) is 19.3 Å². The van der Waals surface area contributed by atoms with Gasteiger partial charge in [0.15, 0.2) is 0 Å². The lowest BCUT2D eigenvalue weighted by molar-refractivity contribution is 0.0174. The van der Waals surface area contributed by atoms with Crippen LogP contribution in [0.4, 0.5) is 0 Å². The maximum atomic E-state index is 7.31. The van der Waals surface area contributed by atoms with Gasteiger partial charge in [-0.2, -0.15) is 0 Å². The molecule has 172 valence electrons. The molecule has 2 nitrogen and oxygen atoms in total. The summed E-state index contributed by atoms with van der Waals surface area (Å²) in [6, 6.07) is 10.4. The van der Waals surface area contributed by atoms with Crippen LogP contribution in [0.2, 0.25) is 16.6 Å². The van der Waals surface area contributed by atoms with Gasteiger partial charge in [-0.1, -0.05) is 120 Å². The number of hydrogen-bond donors (Lipinski definition) is 0. The van der Waals surface area contributed by atoms with Gasteiger partial charge >= 0.3 is 0 Å². The smallest absolute Gasteiger partial charge is 0.200 e. The second-order valence-corrected chi connectivity index (χ2v) is 16.1. The lowest BCUT2D eigenvalue weighted by Gasteiger charge is -2.47. The van der Waals surface area contributed by atoms with E-state index in [1.54, 1.807) is 0 Å². The van der Waals surface area contributed by atoms with Crippen LogP contribution in [0.1, 0.15) is 67.9 Å². The summed E-state index contributed by atoms with van der Waals surface area (Å²) in [7, 11) is -1.97. The molecule has 0 unspecified atom stereocenters. The van der Waals surface area contributed by atoms with Crippen molar-refractivity contribution in [3.05, 3.63) is 47.5 Å². The standard InChI is InChI=1S/C26H45IO2Si/c1-19(2)30(20(3)4,21(5)6)29-26(23(8)15-22(7)16-27)24(9)17-28-18-25-13-11-10-12-14-25/h10-15,19-21,23-24,26H,16-18H2,1-9H3/b22-15-/t23-,24-,26+/m1/s1. The number of ether oxygens (including phenoxy) is 1. The van der Waals surface area contributed by atoms with Gasteiger partial charge in [-0.3, -0.25) is 0 Å². The van der Waals surface area contributed by atoms with Crippen molar-refractivity contribution >= 4 is 30.9 Å². The molecule has 1 aromatic rings. The number of hydrogen-bond acceptors (Lipinski definition) is 2. The van der Waals surface area contributed by atoms with E-state index < -0.39 is 8.32 Å². The van der Waals surface area contributed by atoms with Gasteiger partial charge in [-0.05, 0) is 35.0 Å². The predicted molar refractivity (Wildman–Crippen MR) is 143 cm³/mol. The van der Waals surface area contributed by atoms with Gasteiger partial charge in [0.25, 0.3) is 0 Å². The van der Waals surface area contributed by atoms with Crippen molar-refractivity contribution in [1.82, 2.24) is 0 Å². The van der Waals surface area contributed by atoms with Crippen LogP contribution in [-0.4, -0.2) is 25.5 Å². The highest BCUT2D eigenvalue weighted by Crippen LogP contribution is 2.44. The zero-order valence-electron chi connectivity index (χ0n) is 20.7. The Morgan fingerprint density at radius 3 is 1.93 bits per heavy atom. The monoisotopic (exact) mass is 544 g/mol. The zero-order valence-corrected chi connectivity index (χ0v) is 23.9. The molecule has 1 rings (SSSR count). The first-order valence-corrected chi connectivity index (χ1v) is 15.2. The summed E-state index contributed by atoms with van der Waals surface area (Å²) in [4.78, 5) is 0. The molecule has 0 aromatic heterocycles. The molecule has 1 aromatic carbocycles. The Labute approximate surface area is 201 Å². The van der Waals surface area contributed by atoms with Crippen molar-refractivity contribution < 1.29 is 9.16 Å².